The van der Waals surface area contributed by atoms with Gasteiger partial charge in [-0.05, 0) is 40.5 Å². The Morgan fingerprint density at radius 1 is 1.42 bits per heavy atom. The van der Waals surface area contributed by atoms with E-state index < -0.39 is 29.9 Å². The maximum absolute atomic E-state index is 12.2. The first-order chi connectivity index (χ1) is 9.36. The lowest BCUT2D eigenvalue weighted by Gasteiger charge is -2.30. The van der Waals surface area contributed by atoms with E-state index >= 15 is 0 Å². The van der Waals surface area contributed by atoms with Crippen molar-refractivity contribution in [3.8, 4) is 0 Å². The first-order valence-corrected chi connectivity index (χ1v) is 6.36. The highest BCUT2D eigenvalue weighted by Gasteiger charge is 2.43. The first-order valence-electron chi connectivity index (χ1n) is 7.07. The molecule has 6 heteroatoms. The second kappa shape index (κ2) is 6.23. The second-order valence-electron chi connectivity index (χ2n) is 5.07. The molecule has 1 fully saturated rings. The predicted octanol–water partition coefficient (Wildman–Crippen LogP) is 1.92. The SMILES string of the molecule is [2H]CC(C)(C)OC(=O)N1C(OC)CC[C@H]1C(=O)OCC. The van der Waals surface area contributed by atoms with Crippen molar-refractivity contribution in [1.29, 1.82) is 0 Å². The van der Waals surface area contributed by atoms with Crippen LogP contribution in [0.4, 0.5) is 4.79 Å². The van der Waals surface area contributed by atoms with Gasteiger partial charge in [-0.15, -0.1) is 0 Å². The smallest absolute Gasteiger partial charge is 0.413 e. The van der Waals surface area contributed by atoms with Crippen LogP contribution in [-0.4, -0.2) is 48.5 Å². The van der Waals surface area contributed by atoms with Gasteiger partial charge >= 0.3 is 12.1 Å². The number of esters is 1. The molecule has 1 amide bonds. The fourth-order valence-corrected chi connectivity index (χ4v) is 2.01. The minimum Gasteiger partial charge on any atom is -0.464 e. The molecule has 1 aliphatic rings. The van der Waals surface area contributed by atoms with E-state index in [9.17, 15) is 9.59 Å². The van der Waals surface area contributed by atoms with Crippen molar-refractivity contribution in [3.63, 3.8) is 0 Å². The first kappa shape index (κ1) is 14.1. The number of hydrogen-bond donors (Lipinski definition) is 0. The van der Waals surface area contributed by atoms with Crippen molar-refractivity contribution in [2.24, 2.45) is 0 Å². The maximum atomic E-state index is 12.2. The molecule has 1 heterocycles. The van der Waals surface area contributed by atoms with E-state index in [1.165, 1.54) is 12.0 Å². The largest absolute Gasteiger partial charge is 0.464 e. The summed E-state index contributed by atoms with van der Waals surface area (Å²) in [7, 11) is 1.48. The monoisotopic (exact) mass is 274 g/mol. The lowest BCUT2D eigenvalue weighted by molar-refractivity contribution is -0.150. The van der Waals surface area contributed by atoms with Crippen LogP contribution in [0.15, 0.2) is 0 Å². The lowest BCUT2D eigenvalue weighted by Crippen LogP contribution is -2.48. The molecule has 0 aromatic heterocycles. The molecule has 2 atom stereocenters. The van der Waals surface area contributed by atoms with Gasteiger partial charge in [0.05, 0.1) is 6.61 Å². The second-order valence-corrected chi connectivity index (χ2v) is 5.07. The van der Waals surface area contributed by atoms with Crippen molar-refractivity contribution in [2.75, 3.05) is 13.7 Å². The number of carbonyl (C=O) groups excluding carboxylic acids is 2. The highest BCUT2D eigenvalue weighted by Crippen LogP contribution is 2.27. The molecule has 19 heavy (non-hydrogen) atoms. The third-order valence-corrected chi connectivity index (χ3v) is 2.74. The Morgan fingerprint density at radius 3 is 2.63 bits per heavy atom. The van der Waals surface area contributed by atoms with Gasteiger partial charge in [0.2, 0.25) is 0 Å². The van der Waals surface area contributed by atoms with Crippen LogP contribution in [0.2, 0.25) is 0 Å². The molecule has 0 spiro atoms. The molecule has 0 aromatic rings. The van der Waals surface area contributed by atoms with Crippen molar-refractivity contribution in [1.82, 2.24) is 4.90 Å². The van der Waals surface area contributed by atoms with Crippen LogP contribution >= 0.6 is 0 Å². The van der Waals surface area contributed by atoms with Crippen molar-refractivity contribution < 1.29 is 25.2 Å². The van der Waals surface area contributed by atoms with Crippen LogP contribution in [0.5, 0.6) is 0 Å². The Bertz CT molecular complexity index is 361. The number of amides is 1. The van der Waals surface area contributed by atoms with Gasteiger partial charge < -0.3 is 14.2 Å². The van der Waals surface area contributed by atoms with E-state index in [0.29, 0.717) is 12.8 Å². The van der Waals surface area contributed by atoms with Gasteiger partial charge in [-0.25, -0.2) is 9.59 Å². The van der Waals surface area contributed by atoms with Gasteiger partial charge in [-0.2, -0.15) is 0 Å². The van der Waals surface area contributed by atoms with E-state index in [2.05, 4.69) is 0 Å². The average Bonchev–Trinajstić information content (AvgIpc) is 2.82. The summed E-state index contributed by atoms with van der Waals surface area (Å²) in [5, 5.41) is 0. The van der Waals surface area contributed by atoms with E-state index in [4.69, 9.17) is 15.6 Å². The average molecular weight is 274 g/mol. The zero-order valence-corrected chi connectivity index (χ0v) is 12.0. The molecule has 0 radical (unpaired) electrons. The Balaban J connectivity index is 2.84. The van der Waals surface area contributed by atoms with E-state index in [1.54, 1.807) is 20.8 Å². The Kier molecular flexibility index (Phi) is 4.63. The number of ether oxygens (including phenoxy) is 3. The zero-order valence-electron chi connectivity index (χ0n) is 13.0. The van der Waals surface area contributed by atoms with E-state index in [1.807, 2.05) is 0 Å². The third-order valence-electron chi connectivity index (χ3n) is 2.74. The van der Waals surface area contributed by atoms with Crippen LogP contribution in [0.1, 0.15) is 41.9 Å². The maximum Gasteiger partial charge on any atom is 0.413 e. The molecule has 0 bridgehead atoms. The van der Waals surface area contributed by atoms with Crippen LogP contribution in [0, 0.1) is 0 Å². The van der Waals surface area contributed by atoms with Gasteiger partial charge in [-0.1, -0.05) is 0 Å². The molecular weight excluding hydrogens is 250 g/mol. The molecule has 1 saturated heterocycles. The molecule has 1 aliphatic heterocycles. The number of likely N-dealkylation sites (tertiary alicyclic amines) is 1. The molecule has 0 aliphatic carbocycles. The van der Waals surface area contributed by atoms with Gasteiger partial charge in [0, 0.05) is 8.48 Å². The molecule has 0 saturated carbocycles. The summed E-state index contributed by atoms with van der Waals surface area (Å²) in [6, 6.07) is -0.686. The topological polar surface area (TPSA) is 65.1 Å². The van der Waals surface area contributed by atoms with E-state index in [-0.39, 0.29) is 13.5 Å². The summed E-state index contributed by atoms with van der Waals surface area (Å²) >= 11 is 0. The Morgan fingerprint density at radius 2 is 2.11 bits per heavy atom. The molecule has 0 aromatic carbocycles. The number of rotatable bonds is 3. The minimum absolute atomic E-state index is 0.0612. The summed E-state index contributed by atoms with van der Waals surface area (Å²) in [5.41, 5.74) is -0.906. The predicted molar refractivity (Wildman–Crippen MR) is 68.5 cm³/mol. The van der Waals surface area contributed by atoms with Crippen LogP contribution in [-0.2, 0) is 19.0 Å². The molecule has 1 rings (SSSR count). The third kappa shape index (κ3) is 4.09. The Labute approximate surface area is 115 Å². The van der Waals surface area contributed by atoms with Crippen LogP contribution in [0.25, 0.3) is 0 Å². The summed E-state index contributed by atoms with van der Waals surface area (Å²) in [4.78, 5) is 25.4. The van der Waals surface area contributed by atoms with E-state index in [0.717, 1.165) is 0 Å². The molecule has 1 unspecified atom stereocenters. The molecule has 110 valence electrons. The molecular formula is C13H23NO5. The minimum atomic E-state index is -0.906. The number of carbonyl (C=O) groups is 2. The summed E-state index contributed by atoms with van der Waals surface area (Å²) in [5.74, 6) is -0.451. The zero-order chi connectivity index (χ0) is 15.3. The van der Waals surface area contributed by atoms with Crippen LogP contribution in [0.3, 0.4) is 0 Å². The van der Waals surface area contributed by atoms with Crippen molar-refractivity contribution >= 4 is 12.1 Å². The number of methoxy groups -OCH3 is 1. The highest BCUT2D eigenvalue weighted by atomic mass is 16.6. The summed E-state index contributed by atoms with van der Waals surface area (Å²) in [6.07, 6.45) is -0.118. The quantitative estimate of drug-likeness (QED) is 0.736. The Hall–Kier alpha value is -1.30. The van der Waals surface area contributed by atoms with Gasteiger partial charge in [0.1, 0.15) is 17.9 Å². The summed E-state index contributed by atoms with van der Waals surface area (Å²) < 4.78 is 22.8. The molecule has 0 N–H and O–H groups in total. The van der Waals surface area contributed by atoms with Gasteiger partial charge in [-0.3, -0.25) is 4.90 Å². The van der Waals surface area contributed by atoms with Crippen molar-refractivity contribution in [3.05, 3.63) is 0 Å². The van der Waals surface area contributed by atoms with Crippen molar-refractivity contribution in [2.45, 2.75) is 58.4 Å². The van der Waals surface area contributed by atoms with Gasteiger partial charge in [0.25, 0.3) is 0 Å². The fourth-order valence-electron chi connectivity index (χ4n) is 2.01. The number of nitrogens with zero attached hydrogens (tertiary/aromatic N) is 1. The fraction of sp³-hybridized carbons (Fsp3) is 0.846. The molecule has 6 nitrogen and oxygen atoms in total. The summed E-state index contributed by atoms with van der Waals surface area (Å²) in [6.45, 7) is 5.21. The van der Waals surface area contributed by atoms with Crippen LogP contribution < -0.4 is 0 Å². The van der Waals surface area contributed by atoms with Gasteiger partial charge in [0.15, 0.2) is 0 Å². The normalized spacial score (nSPS) is 24.0. The lowest BCUT2D eigenvalue weighted by atomic mass is 10.2. The number of hydrogen-bond acceptors (Lipinski definition) is 5. The highest BCUT2D eigenvalue weighted by molar-refractivity contribution is 5.82. The standard InChI is InChI=1S/C13H23NO5/c1-6-18-11(15)9-7-8-10(17-5)14(9)12(16)19-13(2,3)4/h9-10H,6-8H2,1-5H3/t9-,10?/m0/s1/i2D.